The van der Waals surface area contributed by atoms with E-state index in [1.54, 1.807) is 0 Å². The Morgan fingerprint density at radius 3 is 1.75 bits per heavy atom. The zero-order chi connectivity index (χ0) is 16.1. The quantitative estimate of drug-likeness (QED) is 0.671. The number of carboxylic acids is 1. The van der Waals surface area contributed by atoms with Crippen molar-refractivity contribution in [3.8, 4) is 24.7 Å². The van der Waals surface area contributed by atoms with Crippen LogP contribution in [-0.2, 0) is 9.59 Å². The molecule has 0 aliphatic heterocycles. The van der Waals surface area contributed by atoms with Crippen molar-refractivity contribution in [1.82, 2.24) is 0 Å². The normalized spacial score (nSPS) is 11.1. The van der Waals surface area contributed by atoms with E-state index >= 15 is 0 Å². The summed E-state index contributed by atoms with van der Waals surface area (Å²) in [7, 11) is 0. The van der Waals surface area contributed by atoms with Crippen molar-refractivity contribution in [3.05, 3.63) is 35.4 Å². The van der Waals surface area contributed by atoms with Crippen molar-refractivity contribution in [2.45, 2.75) is 19.1 Å². The number of hydrogen-bond acceptors (Lipinski definition) is 4. The molecule has 0 bridgehead atoms. The molecule has 5 heteroatoms. The van der Waals surface area contributed by atoms with Crippen LogP contribution < -0.4 is 5.73 Å². The molecule has 5 nitrogen and oxygen atoms in total. The molecule has 2 atom stereocenters. The molecule has 0 spiro atoms. The first-order valence-electron chi connectivity index (χ1n) is 5.41. The van der Waals surface area contributed by atoms with Crippen LogP contribution in [0.15, 0.2) is 24.3 Å². The van der Waals surface area contributed by atoms with Gasteiger partial charge in [0, 0.05) is 11.1 Å². The van der Waals surface area contributed by atoms with E-state index in [0.717, 1.165) is 11.1 Å². The Bertz CT molecular complexity index is 464. The zero-order valence-corrected chi connectivity index (χ0v) is 11.1. The summed E-state index contributed by atoms with van der Waals surface area (Å²) in [5.74, 6) is 3.83. The first-order chi connectivity index (χ1) is 9.43. The highest BCUT2D eigenvalue weighted by molar-refractivity contribution is 5.73. The standard InChI is InChI=1S/C10H6.C4H9NO3.CH2O/c1-3-9-7-5-6-8-10(9)4-2;1-2(6)3(5)4(7)8;1-2/h1-2,5-8H;2-3,6H,5H2,1H3,(H,7,8);1H2. The van der Waals surface area contributed by atoms with Gasteiger partial charge in [-0.05, 0) is 19.1 Å². The summed E-state index contributed by atoms with van der Waals surface area (Å²) < 4.78 is 0. The molecule has 1 rings (SSSR count). The average Bonchev–Trinajstić information content (AvgIpc) is 2.48. The lowest BCUT2D eigenvalue weighted by Crippen LogP contribution is -2.39. The van der Waals surface area contributed by atoms with Crippen LogP contribution in [-0.4, -0.2) is 35.1 Å². The minimum absolute atomic E-state index is 0.782. The van der Waals surface area contributed by atoms with Gasteiger partial charge in [0.05, 0.1) is 6.10 Å². The van der Waals surface area contributed by atoms with Gasteiger partial charge in [-0.1, -0.05) is 24.0 Å². The summed E-state index contributed by atoms with van der Waals surface area (Å²) in [6, 6.07) is 6.24. The maximum Gasteiger partial charge on any atom is 0.323 e. The summed E-state index contributed by atoms with van der Waals surface area (Å²) in [4.78, 5) is 17.9. The molecule has 0 aliphatic rings. The van der Waals surface area contributed by atoms with E-state index in [0.29, 0.717) is 0 Å². The van der Waals surface area contributed by atoms with E-state index in [9.17, 15) is 4.79 Å². The van der Waals surface area contributed by atoms with Crippen LogP contribution in [0.3, 0.4) is 0 Å². The lowest BCUT2D eigenvalue weighted by molar-refractivity contribution is -0.140. The second kappa shape index (κ2) is 11.5. The maximum absolute atomic E-state index is 9.86. The SMILES string of the molecule is C#Cc1ccccc1C#C.C=O.CC(O)C(N)C(=O)O. The number of hydrogen-bond donors (Lipinski definition) is 3. The molecule has 0 aromatic heterocycles. The summed E-state index contributed by atoms with van der Waals surface area (Å²) in [5, 5.41) is 16.6. The van der Waals surface area contributed by atoms with Gasteiger partial charge in [-0.25, -0.2) is 0 Å². The molecule has 0 radical (unpaired) electrons. The maximum atomic E-state index is 9.86. The van der Waals surface area contributed by atoms with Crippen molar-refractivity contribution in [1.29, 1.82) is 0 Å². The first kappa shape index (κ1) is 19.7. The van der Waals surface area contributed by atoms with E-state index in [1.165, 1.54) is 6.92 Å². The summed E-state index contributed by atoms with van der Waals surface area (Å²) >= 11 is 0. The minimum Gasteiger partial charge on any atom is -0.480 e. The predicted molar refractivity (Wildman–Crippen MR) is 76.7 cm³/mol. The molecule has 0 saturated carbocycles. The van der Waals surface area contributed by atoms with Crippen molar-refractivity contribution in [2.24, 2.45) is 5.73 Å². The van der Waals surface area contributed by atoms with Crippen molar-refractivity contribution in [3.63, 3.8) is 0 Å². The molecule has 20 heavy (non-hydrogen) atoms. The topological polar surface area (TPSA) is 101 Å². The van der Waals surface area contributed by atoms with E-state index in [-0.39, 0.29) is 0 Å². The number of carboxylic acid groups (broad SMARTS) is 1. The molecular weight excluding hydrogens is 258 g/mol. The highest BCUT2D eigenvalue weighted by Crippen LogP contribution is 2.03. The van der Waals surface area contributed by atoms with E-state index in [4.69, 9.17) is 33.6 Å². The molecule has 0 aliphatic carbocycles. The molecule has 106 valence electrons. The molecule has 2 unspecified atom stereocenters. The number of benzene rings is 1. The van der Waals surface area contributed by atoms with Crippen LogP contribution in [0.25, 0.3) is 0 Å². The second-order valence-electron chi connectivity index (χ2n) is 3.44. The number of nitrogens with two attached hydrogens (primary N) is 1. The number of aliphatic hydroxyl groups is 1. The molecule has 1 aromatic carbocycles. The van der Waals surface area contributed by atoms with Crippen molar-refractivity contribution >= 4 is 12.8 Å². The largest absolute Gasteiger partial charge is 0.480 e. The number of carbonyl (C=O) groups excluding carboxylic acids is 1. The van der Waals surface area contributed by atoms with Crippen LogP contribution >= 0.6 is 0 Å². The summed E-state index contributed by atoms with van der Waals surface area (Å²) in [6.07, 6.45) is 9.38. The van der Waals surface area contributed by atoms with E-state index < -0.39 is 18.1 Å². The molecule has 4 N–H and O–H groups in total. The Morgan fingerprint density at radius 1 is 1.25 bits per heavy atom. The first-order valence-corrected chi connectivity index (χ1v) is 5.41. The number of aliphatic hydroxyl groups excluding tert-OH is 1. The number of aliphatic carboxylic acids is 1. The van der Waals surface area contributed by atoms with Gasteiger partial charge >= 0.3 is 5.97 Å². The lowest BCUT2D eigenvalue weighted by atomic mass is 10.1. The number of terminal acetylenes is 2. The van der Waals surface area contributed by atoms with E-state index in [1.807, 2.05) is 31.1 Å². The van der Waals surface area contributed by atoms with Crippen molar-refractivity contribution < 1.29 is 19.8 Å². The Morgan fingerprint density at radius 2 is 1.60 bits per heavy atom. The molecule has 0 heterocycles. The third-order valence-corrected chi connectivity index (χ3v) is 2.04. The highest BCUT2D eigenvalue weighted by atomic mass is 16.4. The van der Waals surface area contributed by atoms with E-state index in [2.05, 4.69) is 11.8 Å². The average molecular weight is 275 g/mol. The Balaban J connectivity index is 0. The fourth-order valence-corrected chi connectivity index (χ4v) is 0.941. The Labute approximate surface area is 118 Å². The van der Waals surface area contributed by atoms with Gasteiger partial charge in [0.25, 0.3) is 0 Å². The molecule has 0 saturated heterocycles. The van der Waals surface area contributed by atoms with Gasteiger partial charge in [-0.3, -0.25) is 4.79 Å². The van der Waals surface area contributed by atoms with Crippen LogP contribution in [0.4, 0.5) is 0 Å². The fourth-order valence-electron chi connectivity index (χ4n) is 0.941. The van der Waals surface area contributed by atoms with Gasteiger partial charge in [-0.15, -0.1) is 12.8 Å². The monoisotopic (exact) mass is 275 g/mol. The van der Waals surface area contributed by atoms with Gasteiger partial charge < -0.3 is 20.7 Å². The lowest BCUT2D eigenvalue weighted by Gasteiger charge is -2.06. The molecule has 1 aromatic rings. The molecular formula is C15H17NO4. The summed E-state index contributed by atoms with van der Waals surface area (Å²) in [5.41, 5.74) is 6.47. The fraction of sp³-hybridized carbons (Fsp3) is 0.200. The third kappa shape index (κ3) is 7.67. The predicted octanol–water partition coefficient (Wildman–Crippen LogP) is 0.243. The minimum atomic E-state index is -1.18. The van der Waals surface area contributed by atoms with Gasteiger partial charge in [-0.2, -0.15) is 0 Å². The van der Waals surface area contributed by atoms with Crippen LogP contribution in [0.2, 0.25) is 0 Å². The van der Waals surface area contributed by atoms with Crippen LogP contribution in [0.5, 0.6) is 0 Å². The van der Waals surface area contributed by atoms with Crippen LogP contribution in [0.1, 0.15) is 18.1 Å². The third-order valence-electron chi connectivity index (χ3n) is 2.04. The zero-order valence-electron chi connectivity index (χ0n) is 11.1. The van der Waals surface area contributed by atoms with Gasteiger partial charge in [0.2, 0.25) is 0 Å². The molecule has 0 fully saturated rings. The van der Waals surface area contributed by atoms with Crippen LogP contribution in [0, 0.1) is 24.7 Å². The highest BCUT2D eigenvalue weighted by Gasteiger charge is 2.16. The molecule has 0 amide bonds. The van der Waals surface area contributed by atoms with Gasteiger partial charge in [0.1, 0.15) is 12.8 Å². The summed E-state index contributed by atoms with van der Waals surface area (Å²) in [6.45, 7) is 3.33. The number of rotatable bonds is 2. The Hall–Kier alpha value is -2.60. The van der Waals surface area contributed by atoms with Crippen molar-refractivity contribution in [2.75, 3.05) is 0 Å². The Kier molecular flexibility index (Phi) is 11.3. The number of carbonyl (C=O) groups is 2. The second-order valence-corrected chi connectivity index (χ2v) is 3.44. The smallest absolute Gasteiger partial charge is 0.323 e. The van der Waals surface area contributed by atoms with Gasteiger partial charge in [0.15, 0.2) is 0 Å².